The molecule has 0 aliphatic carbocycles. The third-order valence-electron chi connectivity index (χ3n) is 3.08. The molecular weight excluding hydrogens is 234 g/mol. The normalized spacial score (nSPS) is 19.2. The summed E-state index contributed by atoms with van der Waals surface area (Å²) in [6.07, 6.45) is 1.06. The van der Waals surface area contributed by atoms with Crippen molar-refractivity contribution in [2.75, 3.05) is 30.0 Å². The molecule has 0 spiro atoms. The smallest absolute Gasteiger partial charge is 0.255 e. The zero-order chi connectivity index (χ0) is 12.4. The van der Waals surface area contributed by atoms with Crippen molar-refractivity contribution in [2.24, 2.45) is 0 Å². The Balaban J connectivity index is 2.18. The van der Waals surface area contributed by atoms with E-state index in [4.69, 9.17) is 11.5 Å². The molecule has 0 bridgehead atoms. The number of hydrogen-bond acceptors (Lipinski definition) is 4. The molecule has 1 amide bonds. The summed E-state index contributed by atoms with van der Waals surface area (Å²) in [6, 6.07) is 5.36. The monoisotopic (exact) mass is 251 g/mol. The SMILES string of the molecule is CN(C(=O)c1ccc(N)cc1N)C1CCSC1. The Labute approximate surface area is 105 Å². The van der Waals surface area contributed by atoms with Gasteiger partial charge in [0.2, 0.25) is 0 Å². The van der Waals surface area contributed by atoms with Crippen LogP contribution in [0.1, 0.15) is 16.8 Å². The summed E-state index contributed by atoms with van der Waals surface area (Å²) in [6.45, 7) is 0. The molecule has 1 heterocycles. The predicted octanol–water partition coefficient (Wildman–Crippen LogP) is 1.43. The molecule has 1 fully saturated rings. The summed E-state index contributed by atoms with van der Waals surface area (Å²) in [4.78, 5) is 14.1. The van der Waals surface area contributed by atoms with E-state index in [2.05, 4.69) is 0 Å². The molecule has 0 saturated carbocycles. The number of thioether (sulfide) groups is 1. The van der Waals surface area contributed by atoms with Gasteiger partial charge < -0.3 is 16.4 Å². The number of hydrogen-bond donors (Lipinski definition) is 2. The van der Waals surface area contributed by atoms with Crippen molar-refractivity contribution in [3.8, 4) is 0 Å². The summed E-state index contributed by atoms with van der Waals surface area (Å²) in [5, 5.41) is 0. The topological polar surface area (TPSA) is 72.3 Å². The number of anilines is 2. The second kappa shape index (κ2) is 4.87. The van der Waals surface area contributed by atoms with Crippen molar-refractivity contribution >= 4 is 29.0 Å². The van der Waals surface area contributed by atoms with Gasteiger partial charge in [-0.05, 0) is 30.4 Å². The average Bonchev–Trinajstić information content (AvgIpc) is 2.80. The number of amides is 1. The van der Waals surface area contributed by atoms with Crippen LogP contribution in [0.5, 0.6) is 0 Å². The van der Waals surface area contributed by atoms with Crippen LogP contribution in [0.15, 0.2) is 18.2 Å². The van der Waals surface area contributed by atoms with E-state index in [0.29, 0.717) is 23.0 Å². The van der Waals surface area contributed by atoms with Gasteiger partial charge in [-0.25, -0.2) is 0 Å². The fourth-order valence-electron chi connectivity index (χ4n) is 1.96. The van der Waals surface area contributed by atoms with Crippen molar-refractivity contribution in [2.45, 2.75) is 12.5 Å². The van der Waals surface area contributed by atoms with Crippen LogP contribution in [0.4, 0.5) is 11.4 Å². The lowest BCUT2D eigenvalue weighted by Crippen LogP contribution is -2.37. The van der Waals surface area contributed by atoms with Crippen LogP contribution in [0.3, 0.4) is 0 Å². The van der Waals surface area contributed by atoms with Gasteiger partial charge in [0, 0.05) is 30.2 Å². The molecular formula is C12H17N3OS. The van der Waals surface area contributed by atoms with Gasteiger partial charge in [-0.15, -0.1) is 0 Å². The van der Waals surface area contributed by atoms with E-state index >= 15 is 0 Å². The van der Waals surface area contributed by atoms with Crippen LogP contribution in [0.25, 0.3) is 0 Å². The van der Waals surface area contributed by atoms with Gasteiger partial charge in [0.15, 0.2) is 0 Å². The van der Waals surface area contributed by atoms with Crippen LogP contribution in [-0.2, 0) is 0 Å². The molecule has 4 nitrogen and oxygen atoms in total. The molecule has 92 valence electrons. The van der Waals surface area contributed by atoms with E-state index in [1.54, 1.807) is 23.1 Å². The molecule has 1 aliphatic heterocycles. The zero-order valence-electron chi connectivity index (χ0n) is 9.85. The van der Waals surface area contributed by atoms with Crippen LogP contribution in [0.2, 0.25) is 0 Å². The standard InChI is InChI=1S/C12H17N3OS/c1-15(9-4-5-17-7-9)12(16)10-3-2-8(13)6-11(10)14/h2-3,6,9H,4-5,7,13-14H2,1H3. The molecule has 1 aliphatic rings. The van der Waals surface area contributed by atoms with E-state index in [-0.39, 0.29) is 5.91 Å². The quantitative estimate of drug-likeness (QED) is 0.780. The lowest BCUT2D eigenvalue weighted by molar-refractivity contribution is 0.0749. The number of carbonyl (C=O) groups is 1. The Morgan fingerprint density at radius 3 is 2.82 bits per heavy atom. The summed E-state index contributed by atoms with van der Waals surface area (Å²) in [5.74, 6) is 2.12. The van der Waals surface area contributed by atoms with E-state index in [1.165, 1.54) is 0 Å². The molecule has 1 aromatic carbocycles. The lowest BCUT2D eigenvalue weighted by atomic mass is 10.1. The second-order valence-corrected chi connectivity index (χ2v) is 5.43. The maximum absolute atomic E-state index is 12.3. The first-order valence-electron chi connectivity index (χ1n) is 5.59. The fourth-order valence-corrected chi connectivity index (χ4v) is 3.23. The van der Waals surface area contributed by atoms with Crippen LogP contribution in [-0.4, -0.2) is 35.4 Å². The molecule has 0 radical (unpaired) electrons. The van der Waals surface area contributed by atoms with Gasteiger partial charge >= 0.3 is 0 Å². The highest BCUT2D eigenvalue weighted by molar-refractivity contribution is 7.99. The van der Waals surface area contributed by atoms with E-state index in [1.807, 2.05) is 18.8 Å². The largest absolute Gasteiger partial charge is 0.399 e. The van der Waals surface area contributed by atoms with Gasteiger partial charge in [0.25, 0.3) is 5.91 Å². The minimum Gasteiger partial charge on any atom is -0.399 e. The average molecular weight is 251 g/mol. The van der Waals surface area contributed by atoms with Gasteiger partial charge in [0.05, 0.1) is 5.56 Å². The molecule has 0 aromatic heterocycles. The zero-order valence-corrected chi connectivity index (χ0v) is 10.7. The molecule has 5 heteroatoms. The number of benzene rings is 1. The minimum absolute atomic E-state index is 0.0185. The number of nitrogens with two attached hydrogens (primary N) is 2. The Hall–Kier alpha value is -1.36. The number of carbonyl (C=O) groups excluding carboxylic acids is 1. The first-order valence-corrected chi connectivity index (χ1v) is 6.75. The molecule has 1 unspecified atom stereocenters. The van der Waals surface area contributed by atoms with Crippen LogP contribution in [0, 0.1) is 0 Å². The number of nitrogen functional groups attached to an aromatic ring is 2. The van der Waals surface area contributed by atoms with E-state index in [9.17, 15) is 4.79 Å². The van der Waals surface area contributed by atoms with Crippen LogP contribution >= 0.6 is 11.8 Å². The summed E-state index contributed by atoms with van der Waals surface area (Å²) >= 11 is 1.88. The molecule has 2 rings (SSSR count). The predicted molar refractivity (Wildman–Crippen MR) is 73.1 cm³/mol. The molecule has 17 heavy (non-hydrogen) atoms. The maximum Gasteiger partial charge on any atom is 0.255 e. The third kappa shape index (κ3) is 2.49. The van der Waals surface area contributed by atoms with Gasteiger partial charge in [0.1, 0.15) is 0 Å². The van der Waals surface area contributed by atoms with Crippen LogP contribution < -0.4 is 11.5 Å². The summed E-state index contributed by atoms with van der Waals surface area (Å²) < 4.78 is 0. The van der Waals surface area contributed by atoms with Crippen molar-refractivity contribution < 1.29 is 4.79 Å². The van der Waals surface area contributed by atoms with Crippen molar-refractivity contribution in [1.82, 2.24) is 4.90 Å². The highest BCUT2D eigenvalue weighted by Crippen LogP contribution is 2.24. The molecule has 1 aromatic rings. The first-order chi connectivity index (χ1) is 8.09. The van der Waals surface area contributed by atoms with E-state index in [0.717, 1.165) is 17.9 Å². The Kier molecular flexibility index (Phi) is 3.47. The highest BCUT2D eigenvalue weighted by Gasteiger charge is 2.25. The third-order valence-corrected chi connectivity index (χ3v) is 4.22. The van der Waals surface area contributed by atoms with Gasteiger partial charge in [-0.1, -0.05) is 0 Å². The minimum atomic E-state index is -0.0185. The maximum atomic E-state index is 12.3. The summed E-state index contributed by atoms with van der Waals surface area (Å²) in [5.41, 5.74) is 13.0. The Morgan fingerprint density at radius 2 is 2.24 bits per heavy atom. The van der Waals surface area contributed by atoms with Crippen molar-refractivity contribution in [1.29, 1.82) is 0 Å². The van der Waals surface area contributed by atoms with Gasteiger partial charge in [-0.2, -0.15) is 11.8 Å². The molecule has 4 N–H and O–H groups in total. The molecule has 1 saturated heterocycles. The number of rotatable bonds is 2. The Morgan fingerprint density at radius 1 is 1.47 bits per heavy atom. The van der Waals surface area contributed by atoms with Crippen molar-refractivity contribution in [3.63, 3.8) is 0 Å². The highest BCUT2D eigenvalue weighted by atomic mass is 32.2. The summed E-state index contributed by atoms with van der Waals surface area (Å²) in [7, 11) is 1.84. The first kappa shape index (κ1) is 12.1. The Bertz CT molecular complexity index is 430. The second-order valence-electron chi connectivity index (χ2n) is 4.28. The lowest BCUT2D eigenvalue weighted by Gasteiger charge is -2.24. The van der Waals surface area contributed by atoms with Crippen molar-refractivity contribution in [3.05, 3.63) is 23.8 Å². The number of nitrogens with zero attached hydrogens (tertiary/aromatic N) is 1. The molecule has 1 atom stereocenters. The van der Waals surface area contributed by atoms with Gasteiger partial charge in [-0.3, -0.25) is 4.79 Å². The fraction of sp³-hybridized carbons (Fsp3) is 0.417. The van der Waals surface area contributed by atoms with E-state index < -0.39 is 0 Å².